The molecule has 0 unspecified atom stereocenters. The summed E-state index contributed by atoms with van der Waals surface area (Å²) in [6, 6.07) is 11.9. The van der Waals surface area contributed by atoms with Gasteiger partial charge in [0, 0.05) is 16.6 Å². The molecule has 3 aromatic rings. The van der Waals surface area contributed by atoms with Crippen LogP contribution in [0.1, 0.15) is 16.1 Å². The first-order valence-electron chi connectivity index (χ1n) is 7.80. The Morgan fingerprint density at radius 3 is 2.50 bits per heavy atom. The molecule has 3 rings (SSSR count). The van der Waals surface area contributed by atoms with Crippen molar-refractivity contribution in [2.24, 2.45) is 0 Å². The number of thiazole rings is 1. The van der Waals surface area contributed by atoms with Gasteiger partial charge in [-0.15, -0.1) is 11.3 Å². The van der Waals surface area contributed by atoms with Crippen molar-refractivity contribution in [1.82, 2.24) is 4.98 Å². The summed E-state index contributed by atoms with van der Waals surface area (Å²) in [6.45, 7) is 1.92. The van der Waals surface area contributed by atoms with Crippen LogP contribution < -0.4 is 5.32 Å². The number of alkyl halides is 3. The third-order valence-corrected chi connectivity index (χ3v) is 4.48. The fourth-order valence-electron chi connectivity index (χ4n) is 2.45. The predicted octanol–water partition coefficient (Wildman–Crippen LogP) is 5.32. The summed E-state index contributed by atoms with van der Waals surface area (Å²) in [5, 5.41) is 5.66. The summed E-state index contributed by atoms with van der Waals surface area (Å²) in [6.07, 6.45) is -4.38. The number of carbonyl (C=O) groups excluding carboxylic acids is 1. The van der Waals surface area contributed by atoms with Crippen LogP contribution in [0, 0.1) is 6.92 Å². The maximum absolute atomic E-state index is 12.6. The van der Waals surface area contributed by atoms with Crippen molar-refractivity contribution >= 4 is 22.9 Å². The Balaban J connectivity index is 1.67. The maximum atomic E-state index is 12.6. The van der Waals surface area contributed by atoms with Crippen LogP contribution >= 0.6 is 11.3 Å². The molecule has 1 N–H and O–H groups in total. The number of hydrogen-bond donors (Lipinski definition) is 1. The highest BCUT2D eigenvalue weighted by Gasteiger charge is 2.29. The van der Waals surface area contributed by atoms with Crippen molar-refractivity contribution in [2.45, 2.75) is 19.5 Å². The fraction of sp³-hybridized carbons (Fsp3) is 0.158. The van der Waals surface area contributed by atoms with Gasteiger partial charge in [-0.25, -0.2) is 4.98 Å². The summed E-state index contributed by atoms with van der Waals surface area (Å²) in [4.78, 5) is 16.6. The second kappa shape index (κ2) is 7.29. The molecule has 0 saturated heterocycles. The van der Waals surface area contributed by atoms with E-state index >= 15 is 0 Å². The number of benzene rings is 2. The number of aromatic nitrogens is 1. The molecule has 0 aliphatic rings. The van der Waals surface area contributed by atoms with E-state index in [1.807, 2.05) is 30.5 Å². The molecule has 1 amide bonds. The largest absolute Gasteiger partial charge is 0.416 e. The lowest BCUT2D eigenvalue weighted by Gasteiger charge is -2.09. The van der Waals surface area contributed by atoms with Crippen LogP contribution in [0.15, 0.2) is 53.9 Å². The van der Waals surface area contributed by atoms with E-state index in [0.29, 0.717) is 11.3 Å². The first-order valence-corrected chi connectivity index (χ1v) is 8.68. The number of halogens is 3. The van der Waals surface area contributed by atoms with Crippen molar-refractivity contribution in [1.29, 1.82) is 0 Å². The van der Waals surface area contributed by atoms with Crippen molar-refractivity contribution in [3.8, 4) is 11.3 Å². The average molecular weight is 376 g/mol. The molecule has 1 aromatic heterocycles. The highest BCUT2D eigenvalue weighted by Crippen LogP contribution is 2.29. The molecule has 26 heavy (non-hydrogen) atoms. The van der Waals surface area contributed by atoms with Crippen LogP contribution in [0.4, 0.5) is 18.9 Å². The molecule has 0 bridgehead atoms. The van der Waals surface area contributed by atoms with Gasteiger partial charge in [-0.1, -0.05) is 24.3 Å². The molecule has 0 atom stereocenters. The molecule has 3 nitrogen and oxygen atoms in total. The van der Waals surface area contributed by atoms with Crippen LogP contribution in [-0.2, 0) is 17.4 Å². The van der Waals surface area contributed by atoms with Gasteiger partial charge in [0.1, 0.15) is 0 Å². The molecule has 0 aliphatic heterocycles. The molecule has 0 aliphatic carbocycles. The average Bonchev–Trinajstić information content (AvgIpc) is 3.01. The zero-order valence-electron chi connectivity index (χ0n) is 13.8. The lowest BCUT2D eigenvalue weighted by molar-refractivity contribution is -0.137. The Bertz CT molecular complexity index is 917. The Labute approximate surface area is 152 Å². The number of anilines is 1. The normalized spacial score (nSPS) is 11.4. The molecule has 7 heteroatoms. The van der Waals surface area contributed by atoms with Crippen molar-refractivity contribution in [2.75, 3.05) is 5.32 Å². The van der Waals surface area contributed by atoms with Crippen molar-refractivity contribution in [3.05, 3.63) is 70.0 Å². The van der Waals surface area contributed by atoms with Crippen molar-refractivity contribution < 1.29 is 18.0 Å². The smallest absolute Gasteiger partial charge is 0.326 e. The molecule has 2 aromatic carbocycles. The van der Waals surface area contributed by atoms with Crippen LogP contribution in [0.25, 0.3) is 11.3 Å². The molecule has 0 radical (unpaired) electrons. The fourth-order valence-corrected chi connectivity index (χ4v) is 3.08. The van der Waals surface area contributed by atoms with Gasteiger partial charge in [0.2, 0.25) is 5.91 Å². The quantitative estimate of drug-likeness (QED) is 0.670. The number of hydrogen-bond acceptors (Lipinski definition) is 3. The zero-order valence-corrected chi connectivity index (χ0v) is 14.6. The molecular weight excluding hydrogens is 361 g/mol. The van der Waals surface area contributed by atoms with E-state index < -0.39 is 11.7 Å². The van der Waals surface area contributed by atoms with Crippen LogP contribution in [0.2, 0.25) is 0 Å². The summed E-state index contributed by atoms with van der Waals surface area (Å²) >= 11 is 1.55. The number of rotatable bonds is 4. The summed E-state index contributed by atoms with van der Waals surface area (Å²) < 4.78 is 37.7. The predicted molar refractivity (Wildman–Crippen MR) is 96.1 cm³/mol. The summed E-state index contributed by atoms with van der Waals surface area (Å²) in [7, 11) is 0. The lowest BCUT2D eigenvalue weighted by atomic mass is 10.1. The number of nitrogens with zero attached hydrogens (tertiary/aromatic N) is 1. The van der Waals surface area contributed by atoms with E-state index in [-0.39, 0.29) is 12.3 Å². The van der Waals surface area contributed by atoms with E-state index in [9.17, 15) is 18.0 Å². The van der Waals surface area contributed by atoms with E-state index in [1.54, 1.807) is 17.4 Å². The number of aryl methyl sites for hydroxylation is 1. The zero-order chi connectivity index (χ0) is 18.7. The molecule has 1 heterocycles. The second-order valence-corrected chi connectivity index (χ2v) is 6.81. The van der Waals surface area contributed by atoms with Crippen LogP contribution in [0.3, 0.4) is 0 Å². The SMILES string of the molecule is Cc1nc(-c2cccc(NC(=O)Cc3ccc(C(F)(F)F)cc3)c2)cs1. The van der Waals surface area contributed by atoms with Crippen molar-refractivity contribution in [3.63, 3.8) is 0 Å². The van der Waals surface area contributed by atoms with Gasteiger partial charge in [0.15, 0.2) is 0 Å². The van der Waals surface area contributed by atoms with Gasteiger partial charge >= 0.3 is 6.18 Å². The van der Waals surface area contributed by atoms with Gasteiger partial charge < -0.3 is 5.32 Å². The van der Waals surface area contributed by atoms with Gasteiger partial charge in [-0.3, -0.25) is 4.79 Å². The Morgan fingerprint density at radius 1 is 1.15 bits per heavy atom. The molecule has 0 saturated carbocycles. The first kappa shape index (κ1) is 18.1. The van der Waals surface area contributed by atoms with Gasteiger partial charge in [-0.05, 0) is 36.8 Å². The monoisotopic (exact) mass is 376 g/mol. The summed E-state index contributed by atoms with van der Waals surface area (Å²) in [5.41, 5.74) is 2.13. The molecule has 134 valence electrons. The minimum absolute atomic E-state index is 0.00181. The minimum atomic E-state index is -4.38. The highest BCUT2D eigenvalue weighted by atomic mass is 32.1. The third-order valence-electron chi connectivity index (χ3n) is 3.71. The Hall–Kier alpha value is -2.67. The van der Waals surface area contributed by atoms with Crippen LogP contribution in [-0.4, -0.2) is 10.9 Å². The van der Waals surface area contributed by atoms with Gasteiger partial charge in [-0.2, -0.15) is 13.2 Å². The van der Waals surface area contributed by atoms with Gasteiger partial charge in [0.05, 0.1) is 22.7 Å². The molecular formula is C19H15F3N2OS. The number of amides is 1. The lowest BCUT2D eigenvalue weighted by Crippen LogP contribution is -2.14. The van der Waals surface area contributed by atoms with E-state index in [2.05, 4.69) is 10.3 Å². The topological polar surface area (TPSA) is 42.0 Å². The minimum Gasteiger partial charge on any atom is -0.326 e. The first-order chi connectivity index (χ1) is 12.3. The second-order valence-electron chi connectivity index (χ2n) is 5.75. The maximum Gasteiger partial charge on any atom is 0.416 e. The van der Waals surface area contributed by atoms with E-state index in [1.165, 1.54) is 12.1 Å². The van der Waals surface area contributed by atoms with E-state index in [0.717, 1.165) is 28.4 Å². The molecule has 0 spiro atoms. The Kier molecular flexibility index (Phi) is 5.08. The van der Waals surface area contributed by atoms with E-state index in [4.69, 9.17) is 0 Å². The highest BCUT2D eigenvalue weighted by molar-refractivity contribution is 7.09. The molecule has 0 fully saturated rings. The standard InChI is InChI=1S/C19H15F3N2OS/c1-12-23-17(11-26-12)14-3-2-4-16(10-14)24-18(25)9-13-5-7-15(8-6-13)19(20,21)22/h2-8,10-11H,9H2,1H3,(H,24,25). The summed E-state index contributed by atoms with van der Waals surface area (Å²) in [5.74, 6) is -0.295. The number of carbonyl (C=O) groups is 1. The van der Waals surface area contributed by atoms with Crippen LogP contribution in [0.5, 0.6) is 0 Å². The number of nitrogens with one attached hydrogen (secondary N) is 1. The third kappa shape index (κ3) is 4.49. The van der Waals surface area contributed by atoms with Gasteiger partial charge in [0.25, 0.3) is 0 Å². The Morgan fingerprint density at radius 2 is 1.88 bits per heavy atom.